The molecule has 1 heterocycles. The van der Waals surface area contributed by atoms with Crippen molar-refractivity contribution in [2.45, 2.75) is 31.8 Å². The molecule has 2 aromatic rings. The molecule has 0 radical (unpaired) electrons. The Hall–Kier alpha value is -1.52. The number of aromatic nitrogens is 2. The first-order valence-electron chi connectivity index (χ1n) is 7.26. The van der Waals surface area contributed by atoms with Gasteiger partial charge in [-0.1, -0.05) is 35.3 Å². The van der Waals surface area contributed by atoms with E-state index in [9.17, 15) is 4.79 Å². The van der Waals surface area contributed by atoms with Gasteiger partial charge < -0.3 is 9.88 Å². The number of rotatable bonds is 5. The van der Waals surface area contributed by atoms with Gasteiger partial charge in [-0.15, -0.1) is 0 Å². The summed E-state index contributed by atoms with van der Waals surface area (Å²) in [6.45, 7) is 2.70. The maximum atomic E-state index is 12.3. The Morgan fingerprint density at radius 3 is 3.05 bits per heavy atom. The zero-order valence-electron chi connectivity index (χ0n) is 12.2. The molecule has 1 aliphatic rings. The second kappa shape index (κ2) is 6.31. The maximum absolute atomic E-state index is 12.3. The van der Waals surface area contributed by atoms with Crippen LogP contribution >= 0.6 is 23.2 Å². The topological polar surface area (TPSA) is 46.9 Å². The highest BCUT2D eigenvalue weighted by molar-refractivity contribution is 6.42. The Morgan fingerprint density at radius 1 is 1.50 bits per heavy atom. The van der Waals surface area contributed by atoms with Crippen LogP contribution in [0.25, 0.3) is 0 Å². The first-order valence-corrected chi connectivity index (χ1v) is 8.02. The summed E-state index contributed by atoms with van der Waals surface area (Å²) < 4.78 is 1.95. The lowest BCUT2D eigenvalue weighted by atomic mass is 10.1. The fraction of sp³-hybridized carbons (Fsp3) is 0.375. The number of nitrogens with one attached hydrogen (secondary N) is 1. The summed E-state index contributed by atoms with van der Waals surface area (Å²) >= 11 is 12.3. The molecule has 1 aromatic heterocycles. The van der Waals surface area contributed by atoms with Crippen molar-refractivity contribution in [3.8, 4) is 0 Å². The van der Waals surface area contributed by atoms with E-state index in [1.165, 1.54) is 0 Å². The highest BCUT2D eigenvalue weighted by Crippen LogP contribution is 2.50. The molecule has 0 aliphatic heterocycles. The van der Waals surface area contributed by atoms with Crippen molar-refractivity contribution in [2.75, 3.05) is 0 Å². The smallest absolute Gasteiger partial charge is 0.224 e. The Labute approximate surface area is 139 Å². The van der Waals surface area contributed by atoms with E-state index >= 15 is 0 Å². The number of amides is 1. The SMILES string of the molecule is C[C@H](Cn1ccnc1)NC(=O)[C@H]1C[C@H]1c1cccc(Cl)c1Cl. The number of imidazole rings is 1. The quantitative estimate of drug-likeness (QED) is 0.907. The normalized spacial score (nSPS) is 21.4. The van der Waals surface area contributed by atoms with E-state index in [1.807, 2.05) is 29.8 Å². The summed E-state index contributed by atoms with van der Waals surface area (Å²) in [5.41, 5.74) is 0.969. The van der Waals surface area contributed by atoms with Gasteiger partial charge in [0, 0.05) is 30.9 Å². The number of carbonyl (C=O) groups excluding carboxylic acids is 1. The number of hydrogen-bond acceptors (Lipinski definition) is 2. The van der Waals surface area contributed by atoms with Gasteiger partial charge in [0.1, 0.15) is 0 Å². The fourth-order valence-electron chi connectivity index (χ4n) is 2.74. The molecule has 1 amide bonds. The zero-order valence-corrected chi connectivity index (χ0v) is 13.7. The Bertz CT molecular complexity index is 672. The van der Waals surface area contributed by atoms with Crippen LogP contribution in [0.3, 0.4) is 0 Å². The van der Waals surface area contributed by atoms with Crippen LogP contribution in [0.4, 0.5) is 0 Å². The Balaban J connectivity index is 1.57. The summed E-state index contributed by atoms with van der Waals surface area (Å²) in [5, 5.41) is 4.16. The van der Waals surface area contributed by atoms with Crippen LogP contribution in [0, 0.1) is 5.92 Å². The molecule has 1 aromatic carbocycles. The van der Waals surface area contributed by atoms with Crippen LogP contribution in [-0.2, 0) is 11.3 Å². The van der Waals surface area contributed by atoms with Gasteiger partial charge in [-0.05, 0) is 30.9 Å². The number of carbonyl (C=O) groups is 1. The monoisotopic (exact) mass is 337 g/mol. The molecule has 3 rings (SSSR count). The molecular weight excluding hydrogens is 321 g/mol. The van der Waals surface area contributed by atoms with E-state index < -0.39 is 0 Å². The van der Waals surface area contributed by atoms with Gasteiger partial charge in [0.15, 0.2) is 0 Å². The van der Waals surface area contributed by atoms with Gasteiger partial charge in [-0.2, -0.15) is 0 Å². The first-order chi connectivity index (χ1) is 10.6. The van der Waals surface area contributed by atoms with Crippen molar-refractivity contribution in [3.63, 3.8) is 0 Å². The lowest BCUT2D eigenvalue weighted by molar-refractivity contribution is -0.123. The van der Waals surface area contributed by atoms with Gasteiger partial charge >= 0.3 is 0 Å². The van der Waals surface area contributed by atoms with Crippen molar-refractivity contribution < 1.29 is 4.79 Å². The molecule has 6 heteroatoms. The third-order valence-corrected chi connectivity index (χ3v) is 4.77. The standard InChI is InChI=1S/C16H17Cl2N3O/c1-10(8-21-6-5-19-9-21)20-16(22)13-7-12(13)11-3-2-4-14(17)15(11)18/h2-6,9-10,12-13H,7-8H2,1H3,(H,20,22)/t10-,12+,13+/m1/s1. The number of halogens is 2. The van der Waals surface area contributed by atoms with Crippen LogP contribution in [0.2, 0.25) is 10.0 Å². The molecular formula is C16H17Cl2N3O. The van der Waals surface area contributed by atoms with Crippen LogP contribution in [0.1, 0.15) is 24.8 Å². The summed E-state index contributed by atoms with van der Waals surface area (Å²) in [6.07, 6.45) is 6.18. The molecule has 0 saturated heterocycles. The van der Waals surface area contributed by atoms with Crippen LogP contribution in [-0.4, -0.2) is 21.5 Å². The maximum Gasteiger partial charge on any atom is 0.224 e. The van der Waals surface area contributed by atoms with E-state index in [0.717, 1.165) is 12.0 Å². The molecule has 1 saturated carbocycles. The lowest BCUT2D eigenvalue weighted by Gasteiger charge is -2.14. The van der Waals surface area contributed by atoms with Gasteiger partial charge in [-0.3, -0.25) is 4.79 Å². The minimum Gasteiger partial charge on any atom is -0.352 e. The average Bonchev–Trinajstić information content (AvgIpc) is 3.11. The number of hydrogen-bond donors (Lipinski definition) is 1. The molecule has 116 valence electrons. The molecule has 1 fully saturated rings. The van der Waals surface area contributed by atoms with Crippen molar-refractivity contribution in [2.24, 2.45) is 5.92 Å². The van der Waals surface area contributed by atoms with E-state index in [-0.39, 0.29) is 23.8 Å². The molecule has 0 bridgehead atoms. The van der Waals surface area contributed by atoms with Crippen LogP contribution in [0.5, 0.6) is 0 Å². The summed E-state index contributed by atoms with van der Waals surface area (Å²) in [7, 11) is 0. The van der Waals surface area contributed by atoms with Gasteiger partial charge in [0.25, 0.3) is 0 Å². The Morgan fingerprint density at radius 2 is 2.32 bits per heavy atom. The second-order valence-corrected chi connectivity index (χ2v) is 6.55. The van der Waals surface area contributed by atoms with Crippen molar-refractivity contribution in [3.05, 3.63) is 52.5 Å². The lowest BCUT2D eigenvalue weighted by Crippen LogP contribution is -2.36. The zero-order chi connectivity index (χ0) is 15.7. The minimum atomic E-state index is -0.0128. The predicted molar refractivity (Wildman–Crippen MR) is 87.1 cm³/mol. The van der Waals surface area contributed by atoms with Gasteiger partial charge in [0.05, 0.1) is 16.4 Å². The summed E-state index contributed by atoms with van der Waals surface area (Å²) in [6, 6.07) is 5.63. The molecule has 0 spiro atoms. The number of nitrogens with zero attached hydrogens (tertiary/aromatic N) is 2. The van der Waals surface area contributed by atoms with Crippen LogP contribution < -0.4 is 5.32 Å². The molecule has 1 aliphatic carbocycles. The predicted octanol–water partition coefficient (Wildman–Crippen LogP) is 3.50. The minimum absolute atomic E-state index is 0.0128. The molecule has 3 atom stereocenters. The molecule has 1 N–H and O–H groups in total. The highest BCUT2D eigenvalue weighted by atomic mass is 35.5. The molecule has 0 unspecified atom stereocenters. The van der Waals surface area contributed by atoms with E-state index in [1.54, 1.807) is 18.6 Å². The van der Waals surface area contributed by atoms with Crippen molar-refractivity contribution >= 4 is 29.1 Å². The highest BCUT2D eigenvalue weighted by Gasteiger charge is 2.45. The van der Waals surface area contributed by atoms with E-state index in [0.29, 0.717) is 16.6 Å². The Kier molecular flexibility index (Phi) is 4.41. The van der Waals surface area contributed by atoms with Gasteiger partial charge in [-0.25, -0.2) is 4.98 Å². The fourth-order valence-corrected chi connectivity index (χ4v) is 3.19. The molecule has 22 heavy (non-hydrogen) atoms. The van der Waals surface area contributed by atoms with Crippen molar-refractivity contribution in [1.29, 1.82) is 0 Å². The van der Waals surface area contributed by atoms with Crippen LogP contribution in [0.15, 0.2) is 36.9 Å². The second-order valence-electron chi connectivity index (χ2n) is 5.76. The third kappa shape index (κ3) is 3.28. The molecule has 4 nitrogen and oxygen atoms in total. The summed E-state index contributed by atoms with van der Waals surface area (Å²) in [5.74, 6) is 0.238. The largest absolute Gasteiger partial charge is 0.352 e. The van der Waals surface area contributed by atoms with E-state index in [2.05, 4.69) is 10.3 Å². The van der Waals surface area contributed by atoms with E-state index in [4.69, 9.17) is 23.2 Å². The summed E-state index contributed by atoms with van der Waals surface area (Å²) in [4.78, 5) is 16.3. The third-order valence-electron chi connectivity index (χ3n) is 3.94. The first kappa shape index (κ1) is 15.4. The van der Waals surface area contributed by atoms with Gasteiger partial charge in [0.2, 0.25) is 5.91 Å². The van der Waals surface area contributed by atoms with Crippen molar-refractivity contribution in [1.82, 2.24) is 14.9 Å². The number of benzene rings is 1. The average molecular weight is 338 g/mol.